The van der Waals surface area contributed by atoms with Crippen LogP contribution in [0.3, 0.4) is 0 Å². The number of amides is 1. The molecule has 5 rings (SSSR count). The minimum Gasteiger partial charge on any atom is -0.486 e. The number of fused-ring (bicyclic) bond motifs is 2. The van der Waals surface area contributed by atoms with E-state index in [4.69, 9.17) is 21.1 Å². The van der Waals surface area contributed by atoms with Crippen molar-refractivity contribution in [1.29, 1.82) is 0 Å². The molecular formula is C28H27ClFNO4. The van der Waals surface area contributed by atoms with Crippen molar-refractivity contribution in [2.24, 2.45) is 0 Å². The van der Waals surface area contributed by atoms with Gasteiger partial charge < -0.3 is 19.5 Å². The van der Waals surface area contributed by atoms with E-state index < -0.39 is 17.8 Å². The van der Waals surface area contributed by atoms with Gasteiger partial charge in [-0.15, -0.1) is 0 Å². The first-order valence-electron chi connectivity index (χ1n) is 11.6. The van der Waals surface area contributed by atoms with E-state index in [0.717, 1.165) is 11.1 Å². The number of halogens is 2. The maximum atomic E-state index is 14.2. The summed E-state index contributed by atoms with van der Waals surface area (Å²) in [6.45, 7) is 6.86. The van der Waals surface area contributed by atoms with Crippen LogP contribution in [0.5, 0.6) is 11.5 Å². The van der Waals surface area contributed by atoms with Gasteiger partial charge in [0, 0.05) is 22.2 Å². The lowest BCUT2D eigenvalue weighted by Gasteiger charge is -2.42. The highest BCUT2D eigenvalue weighted by Crippen LogP contribution is 2.47. The number of hydrogen-bond acceptors (Lipinski definition) is 4. The first-order valence-corrected chi connectivity index (χ1v) is 12.0. The van der Waals surface area contributed by atoms with Gasteiger partial charge in [0.25, 0.3) is 5.91 Å². The Morgan fingerprint density at radius 1 is 1.03 bits per heavy atom. The molecule has 0 aromatic heterocycles. The third kappa shape index (κ3) is 4.15. The zero-order chi connectivity index (χ0) is 24.9. The van der Waals surface area contributed by atoms with Crippen LogP contribution in [0.1, 0.15) is 59.8 Å². The Kier molecular flexibility index (Phi) is 5.98. The van der Waals surface area contributed by atoms with Crippen molar-refractivity contribution in [3.05, 3.63) is 87.7 Å². The molecule has 5 nitrogen and oxygen atoms in total. The average Bonchev–Trinajstić information content (AvgIpc) is 2.83. The normalized spacial score (nSPS) is 19.5. The van der Waals surface area contributed by atoms with Gasteiger partial charge >= 0.3 is 0 Å². The van der Waals surface area contributed by atoms with E-state index in [1.807, 2.05) is 30.3 Å². The van der Waals surface area contributed by atoms with Crippen molar-refractivity contribution in [3.63, 3.8) is 0 Å². The van der Waals surface area contributed by atoms with Crippen LogP contribution in [0.2, 0.25) is 5.02 Å². The molecule has 7 heteroatoms. The third-order valence-corrected chi connectivity index (χ3v) is 6.98. The van der Waals surface area contributed by atoms with Crippen molar-refractivity contribution in [2.75, 3.05) is 24.7 Å². The van der Waals surface area contributed by atoms with Crippen LogP contribution < -0.4 is 14.4 Å². The average molecular weight is 496 g/mol. The molecule has 0 saturated heterocycles. The Hall–Kier alpha value is -3.09. The Labute approximate surface area is 209 Å². The number of carbonyl (C=O) groups is 1. The van der Waals surface area contributed by atoms with Gasteiger partial charge in [-0.25, -0.2) is 4.39 Å². The van der Waals surface area contributed by atoms with Crippen molar-refractivity contribution in [2.45, 2.75) is 38.1 Å². The number of hydrogen-bond donors (Lipinski definition) is 1. The van der Waals surface area contributed by atoms with Crippen LogP contribution in [-0.2, 0) is 5.41 Å². The highest BCUT2D eigenvalue weighted by molar-refractivity contribution is 6.32. The van der Waals surface area contributed by atoms with Crippen LogP contribution in [0.15, 0.2) is 54.6 Å². The third-order valence-electron chi connectivity index (χ3n) is 6.67. The number of nitrogens with zero attached hydrogens (tertiary/aromatic N) is 1. The molecule has 2 atom stereocenters. The second kappa shape index (κ2) is 8.85. The molecule has 2 aliphatic rings. The molecule has 1 N–H and O–H groups in total. The van der Waals surface area contributed by atoms with E-state index in [2.05, 4.69) is 20.8 Å². The SMILES string of the molecule is CC(C)(C)c1ccc(N2C(=O)c3cc(F)ccc3[C@H](CO)[C@H]2c2ccc3c(c2)OCCO3)cc1Cl. The molecule has 0 radical (unpaired) electrons. The molecule has 3 aromatic carbocycles. The van der Waals surface area contributed by atoms with Gasteiger partial charge in [-0.3, -0.25) is 4.79 Å². The van der Waals surface area contributed by atoms with Crippen molar-refractivity contribution < 1.29 is 23.8 Å². The summed E-state index contributed by atoms with van der Waals surface area (Å²) in [5.41, 5.74) is 2.95. The standard InChI is InChI=1S/C28H27ClFNO4/c1-28(2,3)22-8-6-18(14-23(22)29)31-26(16-4-9-24-25(12-16)35-11-10-34-24)21(15-32)19-7-5-17(30)13-20(19)27(31)33/h4-9,12-14,21,26,32H,10-11,15H2,1-3H3/t21-,26+/m0/s1. The highest BCUT2D eigenvalue weighted by Gasteiger charge is 2.42. The number of benzene rings is 3. The number of anilines is 1. The second-order valence-electron chi connectivity index (χ2n) is 9.96. The summed E-state index contributed by atoms with van der Waals surface area (Å²) in [6, 6.07) is 14.6. The molecule has 1 amide bonds. The molecule has 3 aromatic rings. The number of ether oxygens (including phenoxy) is 2. The highest BCUT2D eigenvalue weighted by atomic mass is 35.5. The van der Waals surface area contributed by atoms with Crippen LogP contribution in [-0.4, -0.2) is 30.8 Å². The van der Waals surface area contributed by atoms with E-state index in [9.17, 15) is 14.3 Å². The van der Waals surface area contributed by atoms with Gasteiger partial charge in [-0.1, -0.05) is 50.6 Å². The predicted octanol–water partition coefficient (Wildman–Crippen LogP) is 6.03. The summed E-state index contributed by atoms with van der Waals surface area (Å²) in [5.74, 6) is -0.138. The fourth-order valence-electron chi connectivity index (χ4n) is 5.01. The van der Waals surface area contributed by atoms with Crippen LogP contribution >= 0.6 is 11.6 Å². The number of aliphatic hydroxyl groups is 1. The van der Waals surface area contributed by atoms with Gasteiger partial charge in [-0.2, -0.15) is 0 Å². The monoisotopic (exact) mass is 495 g/mol. The maximum Gasteiger partial charge on any atom is 0.259 e. The lowest BCUT2D eigenvalue weighted by molar-refractivity contribution is 0.0949. The molecule has 35 heavy (non-hydrogen) atoms. The van der Waals surface area contributed by atoms with E-state index >= 15 is 0 Å². The molecule has 0 fully saturated rings. The molecular weight excluding hydrogens is 469 g/mol. The first kappa shape index (κ1) is 23.6. The topological polar surface area (TPSA) is 59.0 Å². The predicted molar refractivity (Wildman–Crippen MR) is 133 cm³/mol. The summed E-state index contributed by atoms with van der Waals surface area (Å²) in [6.07, 6.45) is 0. The Balaban J connectivity index is 1.70. The lowest BCUT2D eigenvalue weighted by atomic mass is 9.79. The van der Waals surface area contributed by atoms with Gasteiger partial charge in [0.1, 0.15) is 19.0 Å². The summed E-state index contributed by atoms with van der Waals surface area (Å²) in [4.78, 5) is 15.5. The second-order valence-corrected chi connectivity index (χ2v) is 10.4. The summed E-state index contributed by atoms with van der Waals surface area (Å²) in [5, 5.41) is 11.1. The van der Waals surface area contributed by atoms with E-state index in [1.54, 1.807) is 17.0 Å². The van der Waals surface area contributed by atoms with Crippen molar-refractivity contribution >= 4 is 23.2 Å². The molecule has 0 saturated carbocycles. The van der Waals surface area contributed by atoms with Crippen LogP contribution in [0.25, 0.3) is 0 Å². The molecule has 0 spiro atoms. The minimum absolute atomic E-state index is 0.180. The zero-order valence-corrected chi connectivity index (χ0v) is 20.6. The molecule has 2 aliphatic heterocycles. The molecule has 0 aliphatic carbocycles. The summed E-state index contributed by atoms with van der Waals surface area (Å²) < 4.78 is 25.7. The largest absolute Gasteiger partial charge is 0.486 e. The number of aliphatic hydroxyl groups excluding tert-OH is 1. The molecule has 0 bridgehead atoms. The lowest BCUT2D eigenvalue weighted by Crippen LogP contribution is -2.44. The molecule has 0 unspecified atom stereocenters. The van der Waals surface area contributed by atoms with E-state index in [1.165, 1.54) is 12.1 Å². The van der Waals surface area contributed by atoms with E-state index in [-0.39, 0.29) is 23.5 Å². The van der Waals surface area contributed by atoms with E-state index in [0.29, 0.717) is 41.0 Å². The van der Waals surface area contributed by atoms with Crippen LogP contribution in [0, 0.1) is 5.82 Å². The fraction of sp³-hybridized carbons (Fsp3) is 0.321. The maximum absolute atomic E-state index is 14.2. The molecule has 182 valence electrons. The summed E-state index contributed by atoms with van der Waals surface area (Å²) >= 11 is 6.68. The van der Waals surface area contributed by atoms with Crippen molar-refractivity contribution in [3.8, 4) is 11.5 Å². The van der Waals surface area contributed by atoms with Crippen molar-refractivity contribution in [1.82, 2.24) is 0 Å². The van der Waals surface area contributed by atoms with Gasteiger partial charge in [0.15, 0.2) is 11.5 Å². The van der Waals surface area contributed by atoms with Gasteiger partial charge in [-0.05, 0) is 58.5 Å². The zero-order valence-electron chi connectivity index (χ0n) is 19.8. The fourth-order valence-corrected chi connectivity index (χ4v) is 5.46. The minimum atomic E-state index is -0.571. The summed E-state index contributed by atoms with van der Waals surface area (Å²) in [7, 11) is 0. The van der Waals surface area contributed by atoms with Gasteiger partial charge in [0.05, 0.1) is 12.6 Å². The smallest absolute Gasteiger partial charge is 0.259 e. The molecule has 2 heterocycles. The van der Waals surface area contributed by atoms with Gasteiger partial charge in [0.2, 0.25) is 0 Å². The Morgan fingerprint density at radius 2 is 1.77 bits per heavy atom. The Bertz CT molecular complexity index is 1300. The number of carbonyl (C=O) groups excluding carboxylic acids is 1. The quantitative estimate of drug-likeness (QED) is 0.482. The number of rotatable bonds is 3. The Morgan fingerprint density at radius 3 is 2.46 bits per heavy atom. The van der Waals surface area contributed by atoms with Crippen LogP contribution in [0.4, 0.5) is 10.1 Å². The first-order chi connectivity index (χ1) is 16.7.